The summed E-state index contributed by atoms with van der Waals surface area (Å²) in [6.07, 6.45) is 0.951. The molecule has 2 atom stereocenters. The molecule has 1 aliphatic rings. The molecule has 2 rings (SSSR count). The van der Waals surface area contributed by atoms with E-state index >= 15 is 0 Å². The van der Waals surface area contributed by atoms with Crippen LogP contribution in [0.3, 0.4) is 0 Å². The molecular formula is C15H18N2O2. The molecule has 0 saturated carbocycles. The first kappa shape index (κ1) is 13.4. The molecule has 0 aromatic heterocycles. The second-order valence-corrected chi connectivity index (χ2v) is 5.05. The largest absolute Gasteiger partial charge is 0.445 e. The summed E-state index contributed by atoms with van der Waals surface area (Å²) in [6, 6.07) is 11.7. The number of hydrogen-bond donors (Lipinski definition) is 0. The Kier molecular flexibility index (Phi) is 4.40. The van der Waals surface area contributed by atoms with E-state index in [0.717, 1.165) is 12.0 Å². The molecule has 1 saturated heterocycles. The molecule has 0 radical (unpaired) electrons. The van der Waals surface area contributed by atoms with Crippen molar-refractivity contribution in [3.8, 4) is 6.07 Å². The predicted molar refractivity (Wildman–Crippen MR) is 71.1 cm³/mol. The van der Waals surface area contributed by atoms with Crippen LogP contribution in [-0.4, -0.2) is 23.6 Å². The van der Waals surface area contributed by atoms with Crippen molar-refractivity contribution in [1.29, 1.82) is 5.26 Å². The highest BCUT2D eigenvalue weighted by atomic mass is 16.6. The maximum absolute atomic E-state index is 12.0. The smallest absolute Gasteiger partial charge is 0.410 e. The van der Waals surface area contributed by atoms with Crippen LogP contribution in [0.1, 0.15) is 25.3 Å². The third kappa shape index (κ3) is 3.47. The third-order valence-electron chi connectivity index (χ3n) is 3.39. The topological polar surface area (TPSA) is 53.3 Å². The van der Waals surface area contributed by atoms with Gasteiger partial charge in [0.2, 0.25) is 0 Å². The highest BCUT2D eigenvalue weighted by Gasteiger charge is 2.33. The normalized spacial score (nSPS) is 22.0. The summed E-state index contributed by atoms with van der Waals surface area (Å²) in [5, 5.41) is 8.79. The summed E-state index contributed by atoms with van der Waals surface area (Å²) >= 11 is 0. The van der Waals surface area contributed by atoms with E-state index in [4.69, 9.17) is 10.00 Å². The lowest BCUT2D eigenvalue weighted by Gasteiger charge is -2.22. The number of amides is 1. The average Bonchev–Trinajstić information content (AvgIpc) is 2.79. The van der Waals surface area contributed by atoms with Gasteiger partial charge >= 0.3 is 6.09 Å². The second-order valence-electron chi connectivity index (χ2n) is 5.05. The van der Waals surface area contributed by atoms with E-state index < -0.39 is 0 Å². The SMILES string of the molecule is CC1CC(CC#N)N(C(=O)OCc2ccccc2)C1. The summed E-state index contributed by atoms with van der Waals surface area (Å²) < 4.78 is 5.31. The molecule has 0 aliphatic carbocycles. The van der Waals surface area contributed by atoms with E-state index in [-0.39, 0.29) is 18.7 Å². The number of carbonyl (C=O) groups excluding carboxylic acids is 1. The monoisotopic (exact) mass is 258 g/mol. The Bertz CT molecular complexity index is 467. The fourth-order valence-electron chi connectivity index (χ4n) is 2.48. The molecule has 1 aromatic rings. The summed E-state index contributed by atoms with van der Waals surface area (Å²) in [5.74, 6) is 0.433. The van der Waals surface area contributed by atoms with Gasteiger partial charge in [0, 0.05) is 12.6 Å². The molecule has 1 fully saturated rings. The highest BCUT2D eigenvalue weighted by Crippen LogP contribution is 2.25. The number of ether oxygens (including phenoxy) is 1. The van der Waals surface area contributed by atoms with Crippen LogP contribution in [0.2, 0.25) is 0 Å². The maximum atomic E-state index is 12.0. The number of carbonyl (C=O) groups is 1. The van der Waals surface area contributed by atoms with Gasteiger partial charge in [-0.25, -0.2) is 4.79 Å². The lowest BCUT2D eigenvalue weighted by Crippen LogP contribution is -2.35. The summed E-state index contributed by atoms with van der Waals surface area (Å²) in [6.45, 7) is 3.05. The molecule has 1 aliphatic heterocycles. The van der Waals surface area contributed by atoms with Crippen LogP contribution in [0.4, 0.5) is 4.79 Å². The van der Waals surface area contributed by atoms with Crippen molar-refractivity contribution in [3.05, 3.63) is 35.9 Å². The van der Waals surface area contributed by atoms with Crippen molar-refractivity contribution in [2.24, 2.45) is 5.92 Å². The van der Waals surface area contributed by atoms with Crippen LogP contribution >= 0.6 is 0 Å². The quantitative estimate of drug-likeness (QED) is 0.837. The Hall–Kier alpha value is -2.02. The predicted octanol–water partition coefficient (Wildman–Crippen LogP) is 2.95. The van der Waals surface area contributed by atoms with Gasteiger partial charge in [0.25, 0.3) is 0 Å². The van der Waals surface area contributed by atoms with Gasteiger partial charge < -0.3 is 9.64 Å². The van der Waals surface area contributed by atoms with Crippen molar-refractivity contribution < 1.29 is 9.53 Å². The lowest BCUT2D eigenvalue weighted by molar-refractivity contribution is 0.0920. The van der Waals surface area contributed by atoms with Gasteiger partial charge in [-0.2, -0.15) is 5.26 Å². The molecule has 1 amide bonds. The van der Waals surface area contributed by atoms with Crippen molar-refractivity contribution >= 4 is 6.09 Å². The molecule has 4 heteroatoms. The van der Waals surface area contributed by atoms with Crippen LogP contribution < -0.4 is 0 Å². The summed E-state index contributed by atoms with van der Waals surface area (Å²) in [4.78, 5) is 13.7. The average molecular weight is 258 g/mol. The van der Waals surface area contributed by atoms with Crippen molar-refractivity contribution in [2.75, 3.05) is 6.54 Å². The van der Waals surface area contributed by atoms with Gasteiger partial charge in [-0.3, -0.25) is 0 Å². The van der Waals surface area contributed by atoms with E-state index in [1.807, 2.05) is 30.3 Å². The van der Waals surface area contributed by atoms with E-state index in [1.165, 1.54) is 0 Å². The zero-order chi connectivity index (χ0) is 13.7. The Morgan fingerprint density at radius 2 is 2.21 bits per heavy atom. The molecule has 1 heterocycles. The first-order valence-corrected chi connectivity index (χ1v) is 6.55. The lowest BCUT2D eigenvalue weighted by atomic mass is 10.1. The molecule has 4 nitrogen and oxygen atoms in total. The van der Waals surface area contributed by atoms with Crippen LogP contribution in [0.15, 0.2) is 30.3 Å². The molecule has 19 heavy (non-hydrogen) atoms. The van der Waals surface area contributed by atoms with Gasteiger partial charge in [-0.1, -0.05) is 37.3 Å². The zero-order valence-electron chi connectivity index (χ0n) is 11.1. The maximum Gasteiger partial charge on any atom is 0.410 e. The second kappa shape index (κ2) is 6.24. The Morgan fingerprint density at radius 1 is 1.47 bits per heavy atom. The van der Waals surface area contributed by atoms with Gasteiger partial charge in [-0.05, 0) is 17.9 Å². The van der Waals surface area contributed by atoms with Gasteiger partial charge in [-0.15, -0.1) is 0 Å². The van der Waals surface area contributed by atoms with E-state index in [0.29, 0.717) is 18.9 Å². The van der Waals surface area contributed by atoms with Crippen molar-refractivity contribution in [3.63, 3.8) is 0 Å². The van der Waals surface area contributed by atoms with E-state index in [1.54, 1.807) is 4.90 Å². The molecule has 1 aromatic carbocycles. The Morgan fingerprint density at radius 3 is 2.89 bits per heavy atom. The zero-order valence-corrected chi connectivity index (χ0v) is 11.1. The number of nitrogens with zero attached hydrogens (tertiary/aromatic N) is 2. The Balaban J connectivity index is 1.90. The number of nitriles is 1. The van der Waals surface area contributed by atoms with Gasteiger partial charge in [0.05, 0.1) is 12.5 Å². The van der Waals surface area contributed by atoms with Crippen LogP contribution in [0.25, 0.3) is 0 Å². The number of hydrogen-bond acceptors (Lipinski definition) is 3. The minimum Gasteiger partial charge on any atom is -0.445 e. The number of likely N-dealkylation sites (tertiary alicyclic amines) is 1. The Labute approximate surface area is 113 Å². The molecular weight excluding hydrogens is 240 g/mol. The number of benzene rings is 1. The van der Waals surface area contributed by atoms with Crippen LogP contribution in [0.5, 0.6) is 0 Å². The molecule has 100 valence electrons. The molecule has 0 spiro atoms. The third-order valence-corrected chi connectivity index (χ3v) is 3.39. The summed E-state index contributed by atoms with van der Waals surface area (Å²) in [5.41, 5.74) is 0.972. The minimum atomic E-state index is -0.312. The molecule has 0 N–H and O–H groups in total. The van der Waals surface area contributed by atoms with E-state index in [2.05, 4.69) is 13.0 Å². The first-order chi connectivity index (χ1) is 9.20. The van der Waals surface area contributed by atoms with Gasteiger partial charge in [0.15, 0.2) is 0 Å². The van der Waals surface area contributed by atoms with Crippen molar-refractivity contribution in [1.82, 2.24) is 4.90 Å². The minimum absolute atomic E-state index is 0.00303. The highest BCUT2D eigenvalue weighted by molar-refractivity contribution is 5.68. The van der Waals surface area contributed by atoms with E-state index in [9.17, 15) is 4.79 Å². The summed E-state index contributed by atoms with van der Waals surface area (Å²) in [7, 11) is 0. The first-order valence-electron chi connectivity index (χ1n) is 6.55. The fourth-order valence-corrected chi connectivity index (χ4v) is 2.48. The van der Waals surface area contributed by atoms with Crippen LogP contribution in [0, 0.1) is 17.2 Å². The van der Waals surface area contributed by atoms with Crippen LogP contribution in [-0.2, 0) is 11.3 Å². The standard InChI is InChI=1S/C15H18N2O2/c1-12-9-14(7-8-16)17(10-12)15(18)19-11-13-5-3-2-4-6-13/h2-6,12,14H,7,9-11H2,1H3. The number of rotatable bonds is 3. The molecule has 2 unspecified atom stereocenters. The fraction of sp³-hybridized carbons (Fsp3) is 0.467. The molecule has 0 bridgehead atoms. The van der Waals surface area contributed by atoms with Gasteiger partial charge in [0.1, 0.15) is 6.61 Å². The van der Waals surface area contributed by atoms with Crippen molar-refractivity contribution in [2.45, 2.75) is 32.4 Å².